The van der Waals surface area contributed by atoms with E-state index in [0.717, 1.165) is 22.9 Å². The molecule has 4 nitrogen and oxygen atoms in total. The van der Waals surface area contributed by atoms with Crippen LogP contribution in [0.25, 0.3) is 10.8 Å². The Kier molecular flexibility index (Phi) is 4.51. The Labute approximate surface area is 196 Å². The predicted octanol–water partition coefficient (Wildman–Crippen LogP) is 5.91. The number of anilines is 1. The van der Waals surface area contributed by atoms with Crippen molar-refractivity contribution in [3.05, 3.63) is 66.7 Å². The van der Waals surface area contributed by atoms with Gasteiger partial charge in [-0.2, -0.15) is 0 Å². The molecule has 6 heteroatoms. The number of hydrogen-bond acceptors (Lipinski definition) is 3. The molecular weight excluding hydrogens is 522 g/mol. The highest BCUT2D eigenvalue weighted by Crippen LogP contribution is 2.60. The maximum Gasteiger partial charge on any atom is 0.238 e. The average Bonchev–Trinajstić information content (AvgIpc) is 3.39. The van der Waals surface area contributed by atoms with Gasteiger partial charge in [-0.25, -0.2) is 0 Å². The van der Waals surface area contributed by atoms with E-state index in [0.29, 0.717) is 11.4 Å². The summed E-state index contributed by atoms with van der Waals surface area (Å²) >= 11 is 7.46. The van der Waals surface area contributed by atoms with Crippen LogP contribution >= 0.6 is 31.9 Å². The van der Waals surface area contributed by atoms with Crippen molar-refractivity contribution in [1.82, 2.24) is 0 Å². The van der Waals surface area contributed by atoms with Gasteiger partial charge in [0.25, 0.3) is 0 Å². The minimum Gasteiger partial charge on any atom is -0.457 e. The first-order chi connectivity index (χ1) is 15.0. The van der Waals surface area contributed by atoms with E-state index < -0.39 is 0 Å². The summed E-state index contributed by atoms with van der Waals surface area (Å²) in [6.07, 6.45) is 0.936. The monoisotopic (exact) mass is 539 g/mol. The Hall–Kier alpha value is -2.18. The maximum absolute atomic E-state index is 13.2. The lowest BCUT2D eigenvalue weighted by atomic mass is 9.81. The first-order valence-corrected chi connectivity index (χ1v) is 12.3. The molecule has 0 unspecified atom stereocenters. The van der Waals surface area contributed by atoms with Crippen LogP contribution in [0.2, 0.25) is 0 Å². The zero-order valence-corrected chi connectivity index (χ0v) is 19.6. The van der Waals surface area contributed by atoms with Gasteiger partial charge >= 0.3 is 0 Å². The largest absolute Gasteiger partial charge is 0.457 e. The normalized spacial score (nSPS) is 31.5. The third-order valence-electron chi connectivity index (χ3n) is 7.04. The third-order valence-corrected chi connectivity index (χ3v) is 10.2. The number of alkyl halides is 2. The molecule has 0 radical (unpaired) electrons. The SMILES string of the molecule is O=C1[C@@H]2[C@H]3C[C@@H]([C@@H](Br)[C@H]3Br)[C@H]2C(=O)N1c1ccc(Oc2ccc3ccccc3c2)cc1. The minimum absolute atomic E-state index is 0.0606. The molecule has 2 aliphatic carbocycles. The summed E-state index contributed by atoms with van der Waals surface area (Å²) in [6.45, 7) is 0. The van der Waals surface area contributed by atoms with E-state index >= 15 is 0 Å². The number of carbonyl (C=O) groups excluding carboxylic acids is 2. The summed E-state index contributed by atoms with van der Waals surface area (Å²) in [7, 11) is 0. The molecule has 3 fully saturated rings. The molecule has 2 amide bonds. The zero-order chi connectivity index (χ0) is 21.3. The molecule has 0 spiro atoms. The molecule has 0 aromatic heterocycles. The number of imide groups is 1. The number of carbonyl (C=O) groups is 2. The van der Waals surface area contributed by atoms with Gasteiger partial charge in [0.15, 0.2) is 0 Å². The van der Waals surface area contributed by atoms with Crippen molar-refractivity contribution in [2.24, 2.45) is 23.7 Å². The Morgan fingerprint density at radius 1 is 0.742 bits per heavy atom. The van der Waals surface area contributed by atoms with Crippen molar-refractivity contribution in [3.63, 3.8) is 0 Å². The third kappa shape index (κ3) is 2.91. The van der Waals surface area contributed by atoms with E-state index in [1.165, 1.54) is 4.90 Å². The molecule has 3 aliphatic rings. The number of benzene rings is 3. The van der Waals surface area contributed by atoms with Gasteiger partial charge in [-0.1, -0.05) is 62.2 Å². The number of ether oxygens (including phenoxy) is 1. The highest BCUT2D eigenvalue weighted by Gasteiger charge is 2.66. The molecule has 1 aliphatic heterocycles. The molecule has 156 valence electrons. The topological polar surface area (TPSA) is 46.6 Å². The summed E-state index contributed by atoms with van der Waals surface area (Å²) in [6, 6.07) is 21.3. The van der Waals surface area contributed by atoms with Crippen molar-refractivity contribution in [2.45, 2.75) is 16.1 Å². The van der Waals surface area contributed by atoms with Gasteiger partial charge in [-0.05, 0) is 65.4 Å². The van der Waals surface area contributed by atoms with Gasteiger partial charge < -0.3 is 4.74 Å². The highest BCUT2D eigenvalue weighted by molar-refractivity contribution is 9.12. The summed E-state index contributed by atoms with van der Waals surface area (Å²) in [5.41, 5.74) is 0.618. The van der Waals surface area contributed by atoms with Gasteiger partial charge in [0.05, 0.1) is 17.5 Å². The van der Waals surface area contributed by atoms with Crippen LogP contribution < -0.4 is 9.64 Å². The predicted molar refractivity (Wildman–Crippen MR) is 127 cm³/mol. The molecule has 6 atom stereocenters. The van der Waals surface area contributed by atoms with Crippen LogP contribution in [0.3, 0.4) is 0 Å². The van der Waals surface area contributed by atoms with E-state index in [9.17, 15) is 9.59 Å². The van der Waals surface area contributed by atoms with Crippen molar-refractivity contribution in [1.29, 1.82) is 0 Å². The first-order valence-electron chi connectivity index (χ1n) is 10.5. The van der Waals surface area contributed by atoms with Crippen LogP contribution in [0.4, 0.5) is 5.69 Å². The fourth-order valence-electron chi connectivity index (χ4n) is 5.63. The molecule has 0 N–H and O–H groups in total. The molecule has 2 saturated carbocycles. The Balaban J connectivity index is 1.24. The Morgan fingerprint density at radius 2 is 1.32 bits per heavy atom. The smallest absolute Gasteiger partial charge is 0.238 e. The average molecular weight is 541 g/mol. The number of rotatable bonds is 3. The Bertz CT molecular complexity index is 1180. The van der Waals surface area contributed by atoms with E-state index in [2.05, 4.69) is 44.0 Å². The molecular formula is C25H19Br2NO3. The van der Waals surface area contributed by atoms with Crippen molar-refractivity contribution < 1.29 is 14.3 Å². The van der Waals surface area contributed by atoms with E-state index in [4.69, 9.17) is 4.74 Å². The number of nitrogens with zero attached hydrogens (tertiary/aromatic N) is 1. The fourth-order valence-corrected chi connectivity index (χ4v) is 7.51. The van der Waals surface area contributed by atoms with Gasteiger partial charge in [0.2, 0.25) is 11.8 Å². The lowest BCUT2D eigenvalue weighted by molar-refractivity contribution is -0.123. The summed E-state index contributed by atoms with van der Waals surface area (Å²) in [5, 5.41) is 2.27. The highest BCUT2D eigenvalue weighted by atomic mass is 79.9. The molecule has 1 heterocycles. The van der Waals surface area contributed by atoms with Crippen LogP contribution in [0.15, 0.2) is 66.7 Å². The molecule has 31 heavy (non-hydrogen) atoms. The van der Waals surface area contributed by atoms with Gasteiger partial charge in [-0.3, -0.25) is 14.5 Å². The van der Waals surface area contributed by atoms with Gasteiger partial charge in [0.1, 0.15) is 11.5 Å². The lowest BCUT2D eigenvalue weighted by Crippen LogP contribution is -2.37. The maximum atomic E-state index is 13.2. The van der Waals surface area contributed by atoms with Crippen molar-refractivity contribution in [2.75, 3.05) is 4.90 Å². The minimum atomic E-state index is -0.204. The van der Waals surface area contributed by atoms with Gasteiger partial charge in [0, 0.05) is 9.65 Å². The summed E-state index contributed by atoms with van der Waals surface area (Å²) in [5.74, 6) is 1.32. The second kappa shape index (κ2) is 7.17. The van der Waals surface area contributed by atoms with Crippen molar-refractivity contribution in [3.8, 4) is 11.5 Å². The van der Waals surface area contributed by atoms with Crippen LogP contribution in [0.1, 0.15) is 6.42 Å². The summed E-state index contributed by atoms with van der Waals surface area (Å²) in [4.78, 5) is 28.2. The number of halogens is 2. The van der Waals surface area contributed by atoms with Crippen LogP contribution in [0, 0.1) is 23.7 Å². The molecule has 3 aromatic rings. The molecule has 6 rings (SSSR count). The van der Waals surface area contributed by atoms with Gasteiger partial charge in [-0.15, -0.1) is 0 Å². The van der Waals surface area contributed by atoms with Crippen LogP contribution in [0.5, 0.6) is 11.5 Å². The first kappa shape index (κ1) is 19.5. The second-order valence-corrected chi connectivity index (χ2v) is 10.7. The summed E-state index contributed by atoms with van der Waals surface area (Å²) < 4.78 is 6.00. The van der Waals surface area contributed by atoms with E-state index in [1.807, 2.05) is 42.5 Å². The van der Waals surface area contributed by atoms with Crippen LogP contribution in [-0.2, 0) is 9.59 Å². The number of fused-ring (bicyclic) bond motifs is 6. The van der Waals surface area contributed by atoms with E-state index in [-0.39, 0.29) is 45.1 Å². The quantitative estimate of drug-likeness (QED) is 0.306. The molecule has 2 bridgehead atoms. The van der Waals surface area contributed by atoms with Crippen molar-refractivity contribution >= 4 is 60.1 Å². The van der Waals surface area contributed by atoms with Crippen LogP contribution in [-0.4, -0.2) is 21.5 Å². The Morgan fingerprint density at radius 3 is 1.97 bits per heavy atom. The lowest BCUT2D eigenvalue weighted by Gasteiger charge is -2.28. The number of amides is 2. The number of hydrogen-bond donors (Lipinski definition) is 0. The second-order valence-electron chi connectivity index (χ2n) is 8.62. The zero-order valence-electron chi connectivity index (χ0n) is 16.4. The van der Waals surface area contributed by atoms with E-state index in [1.54, 1.807) is 12.1 Å². The molecule has 3 aromatic carbocycles. The fraction of sp³-hybridized carbons (Fsp3) is 0.280. The molecule has 1 saturated heterocycles. The standard InChI is InChI=1S/C25H19Br2NO3/c26-22-18-12-19(23(22)27)21-20(18)24(29)28(25(21)30)15-6-9-16(10-7-15)31-17-8-5-13-3-1-2-4-14(13)11-17/h1-11,18-23H,12H2/t18-,19-,20-,21-,22-,23+/m1/s1.